The summed E-state index contributed by atoms with van der Waals surface area (Å²) in [5.41, 5.74) is 7.67. The molecular formula is C11H14ClN3. The van der Waals surface area contributed by atoms with Crippen LogP contribution in [0.3, 0.4) is 0 Å². The van der Waals surface area contributed by atoms with Gasteiger partial charge in [-0.2, -0.15) is 0 Å². The molecule has 1 saturated carbocycles. The second kappa shape index (κ2) is 4.11. The molecule has 1 aliphatic carbocycles. The van der Waals surface area contributed by atoms with E-state index in [0.29, 0.717) is 17.0 Å². The Hall–Kier alpha value is -1.22. The van der Waals surface area contributed by atoms with Gasteiger partial charge in [-0.1, -0.05) is 17.7 Å². The van der Waals surface area contributed by atoms with Crippen molar-refractivity contribution in [1.29, 1.82) is 0 Å². The predicted molar refractivity (Wildman–Crippen MR) is 64.5 cm³/mol. The summed E-state index contributed by atoms with van der Waals surface area (Å²) in [4.78, 5) is 4.27. The maximum Gasteiger partial charge on any atom is 0.193 e. The van der Waals surface area contributed by atoms with Crippen molar-refractivity contribution in [3.8, 4) is 0 Å². The molecule has 0 aromatic heterocycles. The summed E-state index contributed by atoms with van der Waals surface area (Å²) in [6.07, 6.45) is 2.29. The number of benzene rings is 1. The van der Waals surface area contributed by atoms with Crippen molar-refractivity contribution in [2.24, 2.45) is 10.7 Å². The number of nitrogens with two attached hydrogens (primary N) is 1. The van der Waals surface area contributed by atoms with Crippen molar-refractivity contribution < 1.29 is 0 Å². The smallest absolute Gasteiger partial charge is 0.193 e. The first-order valence-corrected chi connectivity index (χ1v) is 5.39. The van der Waals surface area contributed by atoms with Crippen LogP contribution in [0.25, 0.3) is 0 Å². The molecule has 3 N–H and O–H groups in total. The summed E-state index contributed by atoms with van der Waals surface area (Å²) < 4.78 is 0. The van der Waals surface area contributed by atoms with E-state index in [1.807, 2.05) is 25.1 Å². The van der Waals surface area contributed by atoms with Crippen molar-refractivity contribution in [2.45, 2.75) is 25.8 Å². The fraction of sp³-hybridized carbons (Fsp3) is 0.364. The van der Waals surface area contributed by atoms with Crippen LogP contribution in [0.1, 0.15) is 18.4 Å². The molecule has 3 nitrogen and oxygen atoms in total. The second-order valence-corrected chi connectivity index (χ2v) is 4.26. The number of anilines is 1. The van der Waals surface area contributed by atoms with Gasteiger partial charge in [0.15, 0.2) is 5.96 Å². The second-order valence-electron chi connectivity index (χ2n) is 3.85. The van der Waals surface area contributed by atoms with Gasteiger partial charge in [0.2, 0.25) is 0 Å². The van der Waals surface area contributed by atoms with Crippen molar-refractivity contribution in [3.05, 3.63) is 28.8 Å². The fourth-order valence-corrected chi connectivity index (χ4v) is 1.57. The SMILES string of the molecule is Cc1ccc(NC(N)=NC2CC2)c(Cl)c1. The van der Waals surface area contributed by atoms with Gasteiger partial charge in [-0.05, 0) is 37.5 Å². The van der Waals surface area contributed by atoms with E-state index in [1.165, 1.54) is 0 Å². The third-order valence-corrected chi connectivity index (χ3v) is 2.57. The summed E-state index contributed by atoms with van der Waals surface area (Å²) in [6.45, 7) is 2.00. The largest absolute Gasteiger partial charge is 0.370 e. The van der Waals surface area contributed by atoms with E-state index in [0.717, 1.165) is 24.1 Å². The number of aliphatic imine (C=N–C) groups is 1. The molecule has 1 aromatic carbocycles. The van der Waals surface area contributed by atoms with E-state index in [4.69, 9.17) is 17.3 Å². The van der Waals surface area contributed by atoms with Crippen LogP contribution in [-0.4, -0.2) is 12.0 Å². The molecule has 0 radical (unpaired) electrons. The Labute approximate surface area is 94.3 Å². The van der Waals surface area contributed by atoms with Gasteiger partial charge in [0, 0.05) is 0 Å². The van der Waals surface area contributed by atoms with E-state index >= 15 is 0 Å². The summed E-state index contributed by atoms with van der Waals surface area (Å²) in [6, 6.07) is 6.21. The molecule has 0 amide bonds. The molecule has 1 aliphatic rings. The first-order valence-electron chi connectivity index (χ1n) is 5.01. The molecule has 0 unspecified atom stereocenters. The van der Waals surface area contributed by atoms with Gasteiger partial charge >= 0.3 is 0 Å². The van der Waals surface area contributed by atoms with E-state index in [-0.39, 0.29) is 0 Å². The van der Waals surface area contributed by atoms with Crippen LogP contribution in [0.5, 0.6) is 0 Å². The molecule has 4 heteroatoms. The van der Waals surface area contributed by atoms with Crippen LogP contribution in [0.4, 0.5) is 5.69 Å². The molecule has 0 bridgehead atoms. The minimum Gasteiger partial charge on any atom is -0.370 e. The fourth-order valence-electron chi connectivity index (χ4n) is 1.29. The lowest BCUT2D eigenvalue weighted by Gasteiger charge is -2.07. The van der Waals surface area contributed by atoms with Crippen LogP contribution in [0.2, 0.25) is 5.02 Å². The highest BCUT2D eigenvalue weighted by Crippen LogP contribution is 2.25. The number of rotatable bonds is 2. The Kier molecular flexibility index (Phi) is 2.82. The molecule has 0 saturated heterocycles. The van der Waals surface area contributed by atoms with Gasteiger partial charge in [-0.3, -0.25) is 0 Å². The van der Waals surface area contributed by atoms with Crippen LogP contribution in [0, 0.1) is 6.92 Å². The number of hydrogen-bond acceptors (Lipinski definition) is 1. The average Bonchev–Trinajstić information content (AvgIpc) is 2.94. The molecule has 1 fully saturated rings. The van der Waals surface area contributed by atoms with Gasteiger partial charge in [0.25, 0.3) is 0 Å². The Morgan fingerprint density at radius 1 is 1.53 bits per heavy atom. The molecule has 0 heterocycles. The lowest BCUT2D eigenvalue weighted by Crippen LogP contribution is -2.23. The number of hydrogen-bond donors (Lipinski definition) is 2. The standard InChI is InChI=1S/C11H14ClN3/c1-7-2-5-10(9(12)6-7)15-11(13)14-8-3-4-8/h2,5-6,8H,3-4H2,1H3,(H3,13,14,15). The minimum atomic E-state index is 0.418. The van der Waals surface area contributed by atoms with E-state index in [9.17, 15) is 0 Å². The maximum absolute atomic E-state index is 6.05. The van der Waals surface area contributed by atoms with Crippen molar-refractivity contribution in [3.63, 3.8) is 0 Å². The zero-order valence-electron chi connectivity index (χ0n) is 8.63. The van der Waals surface area contributed by atoms with Crippen LogP contribution in [-0.2, 0) is 0 Å². The first-order chi connectivity index (χ1) is 7.15. The topological polar surface area (TPSA) is 50.4 Å². The lowest BCUT2D eigenvalue weighted by molar-refractivity contribution is 1.06. The molecular weight excluding hydrogens is 210 g/mol. The lowest BCUT2D eigenvalue weighted by atomic mass is 10.2. The summed E-state index contributed by atoms with van der Waals surface area (Å²) >= 11 is 6.05. The van der Waals surface area contributed by atoms with Gasteiger partial charge in [0.05, 0.1) is 16.8 Å². The highest BCUT2D eigenvalue weighted by molar-refractivity contribution is 6.33. The number of halogens is 1. The van der Waals surface area contributed by atoms with E-state index in [2.05, 4.69) is 10.3 Å². The first kappa shape index (κ1) is 10.3. The predicted octanol–water partition coefficient (Wildman–Crippen LogP) is 2.54. The molecule has 2 rings (SSSR count). The Bertz CT molecular complexity index is 397. The number of nitrogens with one attached hydrogen (secondary N) is 1. The van der Waals surface area contributed by atoms with E-state index < -0.39 is 0 Å². The average molecular weight is 224 g/mol. The zero-order valence-corrected chi connectivity index (χ0v) is 9.38. The van der Waals surface area contributed by atoms with E-state index in [1.54, 1.807) is 0 Å². The molecule has 0 aliphatic heterocycles. The van der Waals surface area contributed by atoms with Crippen molar-refractivity contribution in [1.82, 2.24) is 0 Å². The zero-order chi connectivity index (χ0) is 10.8. The number of guanidine groups is 1. The third kappa shape index (κ3) is 2.86. The van der Waals surface area contributed by atoms with Crippen LogP contribution in [0.15, 0.2) is 23.2 Å². The van der Waals surface area contributed by atoms with Crippen LogP contribution < -0.4 is 11.1 Å². The highest BCUT2D eigenvalue weighted by atomic mass is 35.5. The van der Waals surface area contributed by atoms with Crippen molar-refractivity contribution in [2.75, 3.05) is 5.32 Å². The number of aryl methyl sites for hydroxylation is 1. The van der Waals surface area contributed by atoms with Crippen LogP contribution >= 0.6 is 11.6 Å². The summed E-state index contributed by atoms with van der Waals surface area (Å²) in [7, 11) is 0. The van der Waals surface area contributed by atoms with Crippen molar-refractivity contribution >= 4 is 23.2 Å². The van der Waals surface area contributed by atoms with Gasteiger partial charge in [0.1, 0.15) is 0 Å². The molecule has 80 valence electrons. The Morgan fingerprint density at radius 2 is 2.27 bits per heavy atom. The molecule has 15 heavy (non-hydrogen) atoms. The minimum absolute atomic E-state index is 0.418. The summed E-state index contributed by atoms with van der Waals surface area (Å²) in [5.74, 6) is 0.447. The van der Waals surface area contributed by atoms with Gasteiger partial charge in [-0.15, -0.1) is 0 Å². The Morgan fingerprint density at radius 3 is 2.87 bits per heavy atom. The van der Waals surface area contributed by atoms with Gasteiger partial charge in [-0.25, -0.2) is 4.99 Å². The molecule has 1 aromatic rings. The quantitative estimate of drug-likeness (QED) is 0.598. The normalized spacial score (nSPS) is 16.5. The maximum atomic E-state index is 6.05. The number of nitrogens with zero attached hydrogens (tertiary/aromatic N) is 1. The monoisotopic (exact) mass is 223 g/mol. The van der Waals surface area contributed by atoms with Gasteiger partial charge < -0.3 is 11.1 Å². The molecule has 0 atom stereocenters. The molecule has 0 spiro atoms. The highest BCUT2D eigenvalue weighted by Gasteiger charge is 2.20. The Balaban J connectivity index is 2.09. The summed E-state index contributed by atoms with van der Waals surface area (Å²) in [5, 5.41) is 3.67. The third-order valence-electron chi connectivity index (χ3n) is 2.26.